The monoisotopic (exact) mass is 360 g/mol. The molecule has 0 aliphatic carbocycles. The molecule has 0 aromatic heterocycles. The highest BCUT2D eigenvalue weighted by Gasteiger charge is 2.52. The lowest BCUT2D eigenvalue weighted by molar-refractivity contribution is -0.117. The van der Waals surface area contributed by atoms with Crippen LogP contribution in [0.15, 0.2) is 23.2 Å². The average Bonchev–Trinajstić information content (AvgIpc) is 2.80. The van der Waals surface area contributed by atoms with Gasteiger partial charge in [0.25, 0.3) is 0 Å². The highest BCUT2D eigenvalue weighted by molar-refractivity contribution is 6.62. The fourth-order valence-corrected chi connectivity index (χ4v) is 3.11. The van der Waals surface area contributed by atoms with Gasteiger partial charge in [-0.3, -0.25) is 9.79 Å². The van der Waals surface area contributed by atoms with Gasteiger partial charge in [0.05, 0.1) is 22.9 Å². The predicted octanol–water partition coefficient (Wildman–Crippen LogP) is 2.44. The van der Waals surface area contributed by atoms with Crippen LogP contribution in [0.1, 0.15) is 43.0 Å². The fraction of sp³-hybridized carbons (Fsp3) is 0.579. The summed E-state index contributed by atoms with van der Waals surface area (Å²) in [6.07, 6.45) is 0. The molecule has 2 aliphatic rings. The van der Waals surface area contributed by atoms with Gasteiger partial charge in [-0.05, 0) is 59.1 Å². The zero-order valence-corrected chi connectivity index (χ0v) is 16.6. The number of hydrogen-bond donors (Lipinski definition) is 0. The maximum absolute atomic E-state index is 12.0. The van der Waals surface area contributed by atoms with Crippen LogP contribution in [0, 0.1) is 0 Å². The van der Waals surface area contributed by atoms with Crippen LogP contribution < -0.4 is 15.1 Å². The number of carbonyl (C=O) groups excluding carboxylic acids is 1. The minimum atomic E-state index is -0.450. The van der Waals surface area contributed by atoms with E-state index in [1.165, 1.54) is 0 Å². The van der Waals surface area contributed by atoms with Crippen LogP contribution in [0.4, 0.5) is 5.69 Å². The number of carbonyl (C=O) groups is 1. The van der Waals surface area contributed by atoms with E-state index in [1.807, 2.05) is 57.7 Å². The van der Waals surface area contributed by atoms with Crippen LogP contribution in [-0.2, 0) is 14.1 Å². The number of amidine groups is 1. The zero-order valence-electron chi connectivity index (χ0n) is 16.6. The Hall–Kier alpha value is -1.86. The topological polar surface area (TPSA) is 60.4 Å². The van der Waals surface area contributed by atoms with Gasteiger partial charge in [-0.25, -0.2) is 0 Å². The minimum Gasteiger partial charge on any atom is -0.484 e. The number of ether oxygens (including phenoxy) is 1. The minimum absolute atomic E-state index is 0. The Bertz CT molecular complexity index is 750. The Balaban J connectivity index is 0.00000261. The van der Waals surface area contributed by atoms with Crippen molar-refractivity contribution in [2.24, 2.45) is 4.99 Å². The molecule has 2 heterocycles. The number of fused-ring (bicyclic) bond motifs is 1. The number of anilines is 1. The maximum atomic E-state index is 12.0. The molecule has 1 atom stereocenters. The van der Waals surface area contributed by atoms with Gasteiger partial charge in [-0.1, -0.05) is 6.07 Å². The van der Waals surface area contributed by atoms with Gasteiger partial charge in [0.15, 0.2) is 5.78 Å². The third-order valence-corrected chi connectivity index (χ3v) is 5.64. The molecule has 1 saturated heterocycles. The van der Waals surface area contributed by atoms with Crippen LogP contribution in [0.3, 0.4) is 0 Å². The number of hydrogen-bond acceptors (Lipinski definition) is 5. The first-order valence-corrected chi connectivity index (χ1v) is 8.95. The quantitative estimate of drug-likeness (QED) is 0.775. The van der Waals surface area contributed by atoms with Crippen molar-refractivity contribution in [3.05, 3.63) is 18.2 Å². The summed E-state index contributed by atoms with van der Waals surface area (Å²) in [4.78, 5) is 18.2. The van der Waals surface area contributed by atoms with Crippen LogP contribution in [-0.4, -0.2) is 49.6 Å². The van der Waals surface area contributed by atoms with Crippen molar-refractivity contribution in [3.8, 4) is 5.75 Å². The number of benzene rings is 1. The molecule has 1 fully saturated rings. The molecule has 0 amide bonds. The third kappa shape index (κ3) is 3.03. The van der Waals surface area contributed by atoms with E-state index in [1.54, 1.807) is 14.0 Å². The summed E-state index contributed by atoms with van der Waals surface area (Å²) < 4.78 is 18.1. The third-order valence-electron chi connectivity index (χ3n) is 5.64. The molecule has 26 heavy (non-hydrogen) atoms. The summed E-state index contributed by atoms with van der Waals surface area (Å²) in [5.41, 5.74) is 0.937. The second-order valence-electron chi connectivity index (χ2n) is 7.90. The van der Waals surface area contributed by atoms with E-state index in [0.717, 1.165) is 17.0 Å². The smallest absolute Gasteiger partial charge is 0.484 e. The first-order valence-electron chi connectivity index (χ1n) is 8.95. The van der Waals surface area contributed by atoms with Crippen molar-refractivity contribution < 1.29 is 20.3 Å². The number of Topliss-reactive ketones (excluding diaryl/α,β-unsaturated/α-hetero) is 1. The lowest BCUT2D eigenvalue weighted by Gasteiger charge is -2.35. The first-order chi connectivity index (χ1) is 12.1. The van der Waals surface area contributed by atoms with Gasteiger partial charge in [-0.2, -0.15) is 0 Å². The highest BCUT2D eigenvalue weighted by Crippen LogP contribution is 2.38. The lowest BCUT2D eigenvalue weighted by atomic mass is 9.78. The van der Waals surface area contributed by atoms with E-state index in [2.05, 4.69) is 4.99 Å². The van der Waals surface area contributed by atoms with E-state index in [4.69, 9.17) is 14.0 Å². The number of rotatable bonds is 3. The van der Waals surface area contributed by atoms with Crippen molar-refractivity contribution in [2.45, 2.75) is 58.8 Å². The Kier molecular flexibility index (Phi) is 4.65. The fourth-order valence-electron chi connectivity index (χ4n) is 3.11. The van der Waals surface area contributed by atoms with Crippen molar-refractivity contribution >= 4 is 29.9 Å². The van der Waals surface area contributed by atoms with Crippen LogP contribution >= 0.6 is 0 Å². The van der Waals surface area contributed by atoms with Gasteiger partial charge < -0.3 is 18.9 Å². The molecule has 142 valence electrons. The second-order valence-corrected chi connectivity index (χ2v) is 7.90. The zero-order chi connectivity index (χ0) is 19.3. The molecular formula is C19H29BN2O4. The summed E-state index contributed by atoms with van der Waals surface area (Å²) in [6.45, 7) is 11.9. The van der Waals surface area contributed by atoms with E-state index < -0.39 is 18.3 Å². The summed E-state index contributed by atoms with van der Waals surface area (Å²) in [5.74, 6) is 1.52. The van der Waals surface area contributed by atoms with Gasteiger partial charge in [0.2, 0.25) is 0 Å². The number of aliphatic imine (C=N–C) groups is 1. The van der Waals surface area contributed by atoms with Crippen molar-refractivity contribution in [1.29, 1.82) is 0 Å². The molecule has 0 N–H and O–H groups in total. The molecule has 0 spiro atoms. The molecule has 0 bridgehead atoms. The molecule has 1 aromatic carbocycles. The molecule has 0 saturated carbocycles. The van der Waals surface area contributed by atoms with Crippen molar-refractivity contribution in [1.82, 2.24) is 0 Å². The Morgan fingerprint density at radius 3 is 2.42 bits per heavy atom. The maximum Gasteiger partial charge on any atom is 0.494 e. The Morgan fingerprint density at radius 2 is 1.88 bits per heavy atom. The summed E-state index contributed by atoms with van der Waals surface area (Å²) >= 11 is 0. The second kappa shape index (κ2) is 6.39. The van der Waals surface area contributed by atoms with Gasteiger partial charge in [-0.15, -0.1) is 0 Å². The van der Waals surface area contributed by atoms with E-state index in [9.17, 15) is 4.79 Å². The van der Waals surface area contributed by atoms with E-state index >= 15 is 0 Å². The standard InChI is InChI=1S/C19H27BN2O4.H2/c1-12(13(2)23)22-15-9-8-14(10-16(15)24-11-17(22)21-7)20-25-18(3,4)19(5,6)26-20;/h8-10,12H,11H2,1-7H3;1H/t12-;/m1./s1. The molecule has 7 heteroatoms. The van der Waals surface area contributed by atoms with Crippen molar-refractivity contribution in [2.75, 3.05) is 18.6 Å². The van der Waals surface area contributed by atoms with Gasteiger partial charge in [0.1, 0.15) is 18.2 Å². The Morgan fingerprint density at radius 1 is 1.27 bits per heavy atom. The average molecular weight is 360 g/mol. The van der Waals surface area contributed by atoms with Gasteiger partial charge >= 0.3 is 7.12 Å². The SMILES string of the molecule is CN=C1COc2cc(B3OC(C)(C)C(C)(C)O3)ccc2N1[C@H](C)C(C)=O.[HH]. The Labute approximate surface area is 157 Å². The lowest BCUT2D eigenvalue weighted by Crippen LogP contribution is -2.48. The number of ketones is 1. The molecule has 2 aliphatic heterocycles. The summed E-state index contributed by atoms with van der Waals surface area (Å²) in [5, 5.41) is 0. The normalized spacial score (nSPS) is 23.6. The highest BCUT2D eigenvalue weighted by atomic mass is 16.7. The predicted molar refractivity (Wildman–Crippen MR) is 106 cm³/mol. The molecule has 0 unspecified atom stereocenters. The van der Waals surface area contributed by atoms with Gasteiger partial charge in [0, 0.05) is 8.47 Å². The molecule has 0 radical (unpaired) electrons. The molecule has 3 rings (SSSR count). The van der Waals surface area contributed by atoms with Crippen molar-refractivity contribution in [3.63, 3.8) is 0 Å². The van der Waals surface area contributed by atoms with Crippen LogP contribution in [0.25, 0.3) is 0 Å². The summed E-state index contributed by atoms with van der Waals surface area (Å²) in [6, 6.07) is 5.53. The number of nitrogens with zero attached hydrogens (tertiary/aromatic N) is 2. The van der Waals surface area contributed by atoms with Crippen LogP contribution in [0.2, 0.25) is 0 Å². The molecule has 1 aromatic rings. The molecule has 6 nitrogen and oxygen atoms in total. The first kappa shape index (κ1) is 18.9. The van der Waals surface area contributed by atoms with E-state index in [-0.39, 0.29) is 13.3 Å². The van der Waals surface area contributed by atoms with E-state index in [0.29, 0.717) is 12.4 Å². The van der Waals surface area contributed by atoms with Crippen LogP contribution in [0.5, 0.6) is 5.75 Å². The summed E-state index contributed by atoms with van der Waals surface area (Å²) in [7, 11) is 1.26. The molecular weight excluding hydrogens is 331 g/mol. The largest absolute Gasteiger partial charge is 0.494 e.